The average molecular weight is 354 g/mol. The number of hydrogen-bond donors (Lipinski definition) is 2. The Morgan fingerprint density at radius 1 is 1.29 bits per heavy atom. The van der Waals surface area contributed by atoms with E-state index in [4.69, 9.17) is 33.7 Å². The number of benzene rings is 1. The number of morpholine rings is 1. The molecule has 21 heavy (non-hydrogen) atoms. The minimum Gasteiger partial charge on any atom is -0.396 e. The summed E-state index contributed by atoms with van der Waals surface area (Å²) in [5.41, 5.74) is 5.71. The van der Waals surface area contributed by atoms with Crippen LogP contribution in [0, 0.1) is 0 Å². The molecule has 1 aliphatic heterocycles. The molecule has 0 bridgehead atoms. The molecular formula is C12H17Cl2N3O3S. The molecule has 0 radical (unpaired) electrons. The highest BCUT2D eigenvalue weighted by atomic mass is 35.5. The highest BCUT2D eigenvalue weighted by Gasteiger charge is 2.21. The molecule has 1 saturated heterocycles. The molecule has 118 valence electrons. The van der Waals surface area contributed by atoms with Crippen LogP contribution in [0.3, 0.4) is 0 Å². The number of nitrogens with zero attached hydrogens (tertiary/aromatic N) is 1. The van der Waals surface area contributed by atoms with Gasteiger partial charge in [0.2, 0.25) is 10.0 Å². The van der Waals surface area contributed by atoms with Gasteiger partial charge >= 0.3 is 0 Å². The summed E-state index contributed by atoms with van der Waals surface area (Å²) >= 11 is 11.8. The van der Waals surface area contributed by atoms with Crippen LogP contribution in [0.1, 0.15) is 0 Å². The average Bonchev–Trinajstić information content (AvgIpc) is 2.45. The molecule has 6 nitrogen and oxygen atoms in total. The molecule has 1 aromatic carbocycles. The summed E-state index contributed by atoms with van der Waals surface area (Å²) in [4.78, 5) is 2.07. The van der Waals surface area contributed by atoms with Crippen molar-refractivity contribution in [2.75, 3.05) is 45.1 Å². The van der Waals surface area contributed by atoms with E-state index >= 15 is 0 Å². The van der Waals surface area contributed by atoms with Gasteiger partial charge in [-0.3, -0.25) is 4.90 Å². The van der Waals surface area contributed by atoms with E-state index in [-0.39, 0.29) is 20.6 Å². The summed E-state index contributed by atoms with van der Waals surface area (Å²) in [6.07, 6.45) is 0. The van der Waals surface area contributed by atoms with Gasteiger partial charge in [-0.25, -0.2) is 13.1 Å². The van der Waals surface area contributed by atoms with Crippen LogP contribution < -0.4 is 10.5 Å². The van der Waals surface area contributed by atoms with Crippen LogP contribution in [0.15, 0.2) is 17.0 Å². The highest BCUT2D eigenvalue weighted by Crippen LogP contribution is 2.32. The van der Waals surface area contributed by atoms with Gasteiger partial charge in [-0.05, 0) is 12.1 Å². The summed E-state index contributed by atoms with van der Waals surface area (Å²) in [5.74, 6) is 0. The van der Waals surface area contributed by atoms with Gasteiger partial charge in [-0.1, -0.05) is 23.2 Å². The first-order valence-electron chi connectivity index (χ1n) is 6.45. The minimum atomic E-state index is -3.71. The Morgan fingerprint density at radius 3 is 2.62 bits per heavy atom. The molecule has 0 aromatic heterocycles. The normalized spacial score (nSPS) is 17.0. The predicted octanol–water partition coefficient (Wildman–Crippen LogP) is 1.19. The molecule has 0 aliphatic carbocycles. The molecule has 1 heterocycles. The van der Waals surface area contributed by atoms with Crippen LogP contribution >= 0.6 is 23.2 Å². The van der Waals surface area contributed by atoms with Gasteiger partial charge in [0.1, 0.15) is 4.90 Å². The van der Waals surface area contributed by atoms with Gasteiger partial charge in [0.25, 0.3) is 0 Å². The van der Waals surface area contributed by atoms with Gasteiger partial charge in [-0.15, -0.1) is 0 Å². The van der Waals surface area contributed by atoms with Crippen LogP contribution in [-0.4, -0.2) is 52.7 Å². The van der Waals surface area contributed by atoms with E-state index in [0.29, 0.717) is 26.3 Å². The number of anilines is 1. The molecule has 1 aliphatic rings. The van der Waals surface area contributed by atoms with Crippen molar-refractivity contribution < 1.29 is 13.2 Å². The molecule has 2 rings (SSSR count). The number of sulfonamides is 1. The van der Waals surface area contributed by atoms with Crippen molar-refractivity contribution in [1.29, 1.82) is 0 Å². The third-order valence-corrected chi connectivity index (χ3v) is 5.56. The van der Waals surface area contributed by atoms with E-state index in [9.17, 15) is 8.42 Å². The second-order valence-electron chi connectivity index (χ2n) is 4.62. The number of nitrogens with two attached hydrogens (primary N) is 1. The second kappa shape index (κ2) is 7.13. The summed E-state index contributed by atoms with van der Waals surface area (Å²) in [6, 6.07) is 2.76. The topological polar surface area (TPSA) is 84.7 Å². The van der Waals surface area contributed by atoms with Gasteiger partial charge in [0, 0.05) is 26.2 Å². The first kappa shape index (κ1) is 16.8. The number of hydrogen-bond acceptors (Lipinski definition) is 5. The highest BCUT2D eigenvalue weighted by molar-refractivity contribution is 7.89. The number of halogens is 2. The Bertz CT molecular complexity index is 604. The summed E-state index contributed by atoms with van der Waals surface area (Å²) in [7, 11) is -3.71. The molecule has 1 aromatic rings. The van der Waals surface area contributed by atoms with Crippen LogP contribution in [0.5, 0.6) is 0 Å². The zero-order valence-corrected chi connectivity index (χ0v) is 13.6. The maximum absolute atomic E-state index is 12.2. The fourth-order valence-corrected chi connectivity index (χ4v) is 3.78. The van der Waals surface area contributed by atoms with Crippen LogP contribution in [0.2, 0.25) is 10.0 Å². The first-order chi connectivity index (χ1) is 9.92. The number of nitrogen functional groups attached to an aromatic ring is 1. The Balaban J connectivity index is 2.00. The molecule has 3 N–H and O–H groups in total. The van der Waals surface area contributed by atoms with E-state index < -0.39 is 10.0 Å². The van der Waals surface area contributed by atoms with Gasteiger partial charge in [0.05, 0.1) is 28.9 Å². The van der Waals surface area contributed by atoms with E-state index in [1.807, 2.05) is 0 Å². The summed E-state index contributed by atoms with van der Waals surface area (Å²) in [5, 5.41) is 0.175. The van der Waals surface area contributed by atoms with Crippen LogP contribution in [0.4, 0.5) is 5.69 Å². The van der Waals surface area contributed by atoms with Crippen molar-refractivity contribution in [2.45, 2.75) is 4.90 Å². The van der Waals surface area contributed by atoms with Crippen molar-refractivity contribution in [3.8, 4) is 0 Å². The zero-order valence-electron chi connectivity index (χ0n) is 11.3. The molecule has 9 heteroatoms. The van der Waals surface area contributed by atoms with E-state index in [1.54, 1.807) is 0 Å². The quantitative estimate of drug-likeness (QED) is 0.776. The standard InChI is InChI=1S/C12H17Cl2N3O3S/c13-9-1-2-10(11(14)12(9)15)21(18,19)16-3-4-17-5-7-20-8-6-17/h1-2,16H,3-8,15H2. The maximum atomic E-state index is 12.2. The summed E-state index contributed by atoms with van der Waals surface area (Å²) in [6.45, 7) is 3.86. The van der Waals surface area contributed by atoms with Crippen molar-refractivity contribution in [2.24, 2.45) is 0 Å². The van der Waals surface area contributed by atoms with Crippen molar-refractivity contribution in [3.05, 3.63) is 22.2 Å². The van der Waals surface area contributed by atoms with Crippen LogP contribution in [0.25, 0.3) is 0 Å². The van der Waals surface area contributed by atoms with E-state index in [1.165, 1.54) is 12.1 Å². The van der Waals surface area contributed by atoms with Crippen LogP contribution in [-0.2, 0) is 14.8 Å². The second-order valence-corrected chi connectivity index (χ2v) is 7.15. The number of rotatable bonds is 5. The van der Waals surface area contributed by atoms with Crippen molar-refractivity contribution in [1.82, 2.24) is 9.62 Å². The minimum absolute atomic E-state index is 0.0543. The molecule has 1 fully saturated rings. The molecule has 0 atom stereocenters. The lowest BCUT2D eigenvalue weighted by molar-refractivity contribution is 0.0390. The first-order valence-corrected chi connectivity index (χ1v) is 8.69. The van der Waals surface area contributed by atoms with Gasteiger partial charge in [-0.2, -0.15) is 0 Å². The Kier molecular flexibility index (Phi) is 5.70. The predicted molar refractivity (Wildman–Crippen MR) is 83.3 cm³/mol. The molecule has 0 unspecified atom stereocenters. The largest absolute Gasteiger partial charge is 0.396 e. The fraction of sp³-hybridized carbons (Fsp3) is 0.500. The lowest BCUT2D eigenvalue weighted by Gasteiger charge is -2.26. The smallest absolute Gasteiger partial charge is 0.242 e. The zero-order chi connectivity index (χ0) is 15.5. The Morgan fingerprint density at radius 2 is 1.95 bits per heavy atom. The third kappa shape index (κ3) is 4.21. The Hall–Kier alpha value is -0.570. The van der Waals surface area contributed by atoms with Gasteiger partial charge in [0.15, 0.2) is 0 Å². The lowest BCUT2D eigenvalue weighted by atomic mass is 10.3. The fourth-order valence-electron chi connectivity index (χ4n) is 2.00. The lowest BCUT2D eigenvalue weighted by Crippen LogP contribution is -2.41. The van der Waals surface area contributed by atoms with E-state index in [0.717, 1.165) is 13.1 Å². The number of nitrogens with one attached hydrogen (secondary N) is 1. The summed E-state index contributed by atoms with van der Waals surface area (Å²) < 4.78 is 32.2. The van der Waals surface area contributed by atoms with Crippen molar-refractivity contribution in [3.63, 3.8) is 0 Å². The molecule has 0 spiro atoms. The molecule has 0 amide bonds. The SMILES string of the molecule is Nc1c(Cl)ccc(S(=O)(=O)NCCN2CCOCC2)c1Cl. The molecule has 0 saturated carbocycles. The Labute approximate surface area is 134 Å². The van der Waals surface area contributed by atoms with E-state index in [2.05, 4.69) is 9.62 Å². The number of ether oxygens (including phenoxy) is 1. The third-order valence-electron chi connectivity index (χ3n) is 3.20. The van der Waals surface area contributed by atoms with Gasteiger partial charge < -0.3 is 10.5 Å². The maximum Gasteiger partial charge on any atom is 0.242 e. The monoisotopic (exact) mass is 353 g/mol. The molecular weight excluding hydrogens is 337 g/mol. The van der Waals surface area contributed by atoms with Crippen molar-refractivity contribution >= 4 is 38.9 Å².